The van der Waals surface area contributed by atoms with Crippen molar-refractivity contribution < 1.29 is 16.8 Å². The van der Waals surface area contributed by atoms with Gasteiger partial charge >= 0.3 is 0 Å². The second-order valence-corrected chi connectivity index (χ2v) is 8.25. The molecule has 0 radical (unpaired) electrons. The molecule has 0 aromatic carbocycles. The normalized spacial score (nSPS) is 23.9. The van der Waals surface area contributed by atoms with Gasteiger partial charge in [-0.25, -0.2) is 21.6 Å². The predicted molar refractivity (Wildman–Crippen MR) is 61.4 cm³/mol. The Bertz CT molecular complexity index is 576. The van der Waals surface area contributed by atoms with Gasteiger partial charge in [-0.1, -0.05) is 0 Å². The molecule has 17 heavy (non-hydrogen) atoms. The predicted octanol–water partition coefficient (Wildman–Crippen LogP) is -0.984. The van der Waals surface area contributed by atoms with Crippen LogP contribution in [0.3, 0.4) is 0 Å². The SMILES string of the molecule is O=S1(=O)CCC(S(=O)(=O)NCc2ccn[nH]2)C1. The fourth-order valence-corrected chi connectivity index (χ4v) is 5.74. The molecule has 1 aromatic heterocycles. The molecule has 1 fully saturated rings. The molecule has 96 valence electrons. The number of H-pyrrole nitrogens is 1. The Morgan fingerprint density at radius 1 is 1.53 bits per heavy atom. The summed E-state index contributed by atoms with van der Waals surface area (Å²) in [5.74, 6) is -0.339. The average molecular weight is 279 g/mol. The highest BCUT2D eigenvalue weighted by Crippen LogP contribution is 2.18. The van der Waals surface area contributed by atoms with E-state index in [2.05, 4.69) is 14.9 Å². The van der Waals surface area contributed by atoms with E-state index < -0.39 is 25.1 Å². The highest BCUT2D eigenvalue weighted by atomic mass is 32.2. The summed E-state index contributed by atoms with van der Waals surface area (Å²) in [6, 6.07) is 1.65. The number of nitrogens with zero attached hydrogens (tertiary/aromatic N) is 1. The first kappa shape index (κ1) is 12.5. The van der Waals surface area contributed by atoms with Crippen LogP contribution in [-0.2, 0) is 26.4 Å². The fourth-order valence-electron chi connectivity index (χ4n) is 1.68. The summed E-state index contributed by atoms with van der Waals surface area (Å²) in [5.41, 5.74) is 0.634. The van der Waals surface area contributed by atoms with E-state index in [4.69, 9.17) is 0 Å². The van der Waals surface area contributed by atoms with Crippen LogP contribution in [0.15, 0.2) is 12.3 Å². The maximum absolute atomic E-state index is 11.8. The van der Waals surface area contributed by atoms with Gasteiger partial charge in [-0.15, -0.1) is 0 Å². The van der Waals surface area contributed by atoms with E-state index in [1.165, 1.54) is 6.20 Å². The van der Waals surface area contributed by atoms with E-state index in [0.717, 1.165) is 0 Å². The number of nitrogens with one attached hydrogen (secondary N) is 2. The molecule has 7 nitrogen and oxygen atoms in total. The minimum Gasteiger partial charge on any atom is -0.281 e. The monoisotopic (exact) mass is 279 g/mol. The second-order valence-electron chi connectivity index (χ2n) is 3.97. The number of hydrogen-bond donors (Lipinski definition) is 2. The molecular formula is C8H13N3O4S2. The summed E-state index contributed by atoms with van der Waals surface area (Å²) in [5, 5.41) is 5.47. The van der Waals surface area contributed by atoms with E-state index in [1.54, 1.807) is 6.07 Å². The fraction of sp³-hybridized carbons (Fsp3) is 0.625. The molecule has 0 amide bonds. The van der Waals surface area contributed by atoms with Gasteiger partial charge in [0.15, 0.2) is 9.84 Å². The number of aromatic nitrogens is 2. The molecule has 1 saturated heterocycles. The van der Waals surface area contributed by atoms with Gasteiger partial charge in [0, 0.05) is 6.20 Å². The van der Waals surface area contributed by atoms with Crippen molar-refractivity contribution >= 4 is 19.9 Å². The molecule has 0 bridgehead atoms. The van der Waals surface area contributed by atoms with Gasteiger partial charge < -0.3 is 0 Å². The van der Waals surface area contributed by atoms with Gasteiger partial charge in [0.25, 0.3) is 0 Å². The van der Waals surface area contributed by atoms with Crippen LogP contribution < -0.4 is 4.72 Å². The van der Waals surface area contributed by atoms with Crippen LogP contribution in [0.5, 0.6) is 0 Å². The molecule has 0 saturated carbocycles. The molecule has 2 N–H and O–H groups in total. The smallest absolute Gasteiger partial charge is 0.215 e. The number of sulfone groups is 1. The summed E-state index contributed by atoms with van der Waals surface area (Å²) in [7, 11) is -6.77. The van der Waals surface area contributed by atoms with Crippen molar-refractivity contribution in [3.8, 4) is 0 Å². The van der Waals surface area contributed by atoms with Crippen molar-refractivity contribution in [1.29, 1.82) is 0 Å². The third-order valence-electron chi connectivity index (χ3n) is 2.65. The van der Waals surface area contributed by atoms with Crippen molar-refractivity contribution in [2.45, 2.75) is 18.2 Å². The van der Waals surface area contributed by atoms with Gasteiger partial charge in [-0.2, -0.15) is 5.10 Å². The maximum atomic E-state index is 11.8. The molecule has 2 rings (SSSR count). The molecule has 1 atom stereocenters. The lowest BCUT2D eigenvalue weighted by atomic mass is 10.4. The molecule has 0 aliphatic carbocycles. The first-order chi connectivity index (χ1) is 7.89. The number of sulfonamides is 1. The standard InChI is InChI=1S/C8H13N3O4S2/c12-16(13)4-2-8(6-16)17(14,15)10-5-7-1-3-9-11-7/h1,3,8,10H,2,4-6H2,(H,9,11). The molecule has 2 heterocycles. The topological polar surface area (TPSA) is 109 Å². The van der Waals surface area contributed by atoms with Gasteiger partial charge in [0.1, 0.15) is 0 Å². The highest BCUT2D eigenvalue weighted by Gasteiger charge is 2.36. The lowest BCUT2D eigenvalue weighted by molar-refractivity contribution is 0.567. The van der Waals surface area contributed by atoms with Gasteiger partial charge in [0.2, 0.25) is 10.0 Å². The summed E-state index contributed by atoms with van der Waals surface area (Å²) in [6.45, 7) is 0.0961. The summed E-state index contributed by atoms with van der Waals surface area (Å²) in [6.07, 6.45) is 1.68. The zero-order chi connectivity index (χ0) is 12.5. The minimum atomic E-state index is -3.58. The first-order valence-electron chi connectivity index (χ1n) is 5.06. The number of aromatic amines is 1. The van der Waals surface area contributed by atoms with Crippen LogP contribution in [0, 0.1) is 0 Å². The van der Waals surface area contributed by atoms with Crippen molar-refractivity contribution in [3.05, 3.63) is 18.0 Å². The molecule has 1 aromatic rings. The Morgan fingerprint density at radius 2 is 2.29 bits per heavy atom. The van der Waals surface area contributed by atoms with Crippen LogP contribution in [0.4, 0.5) is 0 Å². The molecule has 9 heteroatoms. The lowest BCUT2D eigenvalue weighted by Gasteiger charge is -2.10. The Morgan fingerprint density at radius 3 is 2.82 bits per heavy atom. The molecular weight excluding hydrogens is 266 g/mol. The van der Waals surface area contributed by atoms with Crippen molar-refractivity contribution in [2.75, 3.05) is 11.5 Å². The zero-order valence-electron chi connectivity index (χ0n) is 8.96. The Hall–Kier alpha value is -0.930. The quantitative estimate of drug-likeness (QED) is 0.736. The molecule has 0 spiro atoms. The first-order valence-corrected chi connectivity index (χ1v) is 8.43. The molecule has 1 aliphatic heterocycles. The maximum Gasteiger partial charge on any atom is 0.215 e. The summed E-state index contributed by atoms with van der Waals surface area (Å²) in [4.78, 5) is 0. The van der Waals surface area contributed by atoms with E-state index in [1.807, 2.05) is 0 Å². The second kappa shape index (κ2) is 4.39. The van der Waals surface area contributed by atoms with Crippen molar-refractivity contribution in [1.82, 2.24) is 14.9 Å². The van der Waals surface area contributed by atoms with E-state index in [-0.39, 0.29) is 24.5 Å². The van der Waals surface area contributed by atoms with Crippen molar-refractivity contribution in [2.24, 2.45) is 0 Å². The van der Waals surface area contributed by atoms with Crippen molar-refractivity contribution in [3.63, 3.8) is 0 Å². The Labute approximate surface area is 99.6 Å². The largest absolute Gasteiger partial charge is 0.281 e. The molecule has 1 unspecified atom stereocenters. The van der Waals surface area contributed by atoms with Gasteiger partial charge in [0.05, 0.1) is 29.0 Å². The number of hydrogen-bond acceptors (Lipinski definition) is 5. The van der Waals surface area contributed by atoms with E-state index >= 15 is 0 Å². The summed E-state index contributed by atoms with van der Waals surface area (Å²) < 4.78 is 48.4. The lowest BCUT2D eigenvalue weighted by Crippen LogP contribution is -2.34. The van der Waals surface area contributed by atoms with Crippen LogP contribution in [0.25, 0.3) is 0 Å². The Kier molecular flexibility index (Phi) is 3.23. The Balaban J connectivity index is 2.00. The van der Waals surface area contributed by atoms with Gasteiger partial charge in [-0.3, -0.25) is 5.10 Å². The zero-order valence-corrected chi connectivity index (χ0v) is 10.6. The third kappa shape index (κ3) is 3.05. The van der Waals surface area contributed by atoms with E-state index in [0.29, 0.717) is 5.69 Å². The van der Waals surface area contributed by atoms with E-state index in [9.17, 15) is 16.8 Å². The molecule has 1 aliphatic rings. The average Bonchev–Trinajstić information content (AvgIpc) is 2.84. The summed E-state index contributed by atoms with van der Waals surface area (Å²) >= 11 is 0. The van der Waals surface area contributed by atoms with Gasteiger partial charge in [-0.05, 0) is 12.5 Å². The minimum absolute atomic E-state index is 0.0529. The van der Waals surface area contributed by atoms with Crippen LogP contribution in [-0.4, -0.2) is 43.8 Å². The highest BCUT2D eigenvalue weighted by molar-refractivity contribution is 7.95. The third-order valence-corrected chi connectivity index (χ3v) is 6.46. The van der Waals surface area contributed by atoms with Crippen LogP contribution >= 0.6 is 0 Å². The van der Waals surface area contributed by atoms with Crippen LogP contribution in [0.1, 0.15) is 12.1 Å². The number of rotatable bonds is 4. The van der Waals surface area contributed by atoms with Crippen LogP contribution in [0.2, 0.25) is 0 Å².